The van der Waals surface area contributed by atoms with Gasteiger partial charge in [-0.2, -0.15) is 0 Å². The van der Waals surface area contributed by atoms with Crippen LogP contribution in [0.4, 0.5) is 5.69 Å². The summed E-state index contributed by atoms with van der Waals surface area (Å²) in [5.74, 6) is 0. The Balaban J connectivity index is 2.79. The highest BCUT2D eigenvalue weighted by Crippen LogP contribution is 2.01. The second kappa shape index (κ2) is 5.44. The van der Waals surface area contributed by atoms with Crippen LogP contribution < -0.4 is 10.9 Å². The van der Waals surface area contributed by atoms with Crippen LogP contribution in [-0.2, 0) is 11.3 Å². The largest absolute Gasteiger partial charge is 0.384 e. The highest BCUT2D eigenvalue weighted by atomic mass is 16.5. The van der Waals surface area contributed by atoms with Crippen LogP contribution in [-0.4, -0.2) is 24.8 Å². The van der Waals surface area contributed by atoms with Crippen molar-refractivity contribution < 1.29 is 4.74 Å². The predicted molar refractivity (Wildman–Crippen MR) is 56.7 cm³/mol. The van der Waals surface area contributed by atoms with E-state index < -0.39 is 0 Å². The van der Waals surface area contributed by atoms with Gasteiger partial charge in [-0.1, -0.05) is 0 Å². The predicted octanol–water partition coefficient (Wildman–Crippen LogP) is 0.926. The van der Waals surface area contributed by atoms with E-state index in [0.717, 1.165) is 12.2 Å². The number of anilines is 1. The van der Waals surface area contributed by atoms with Crippen LogP contribution >= 0.6 is 0 Å². The summed E-state index contributed by atoms with van der Waals surface area (Å²) in [6.45, 7) is 4.01. The first-order chi connectivity index (χ1) is 6.77. The third-order valence-electron chi connectivity index (χ3n) is 1.90. The minimum Gasteiger partial charge on any atom is -0.384 e. The van der Waals surface area contributed by atoms with Crippen molar-refractivity contribution in [1.29, 1.82) is 0 Å². The van der Waals surface area contributed by atoms with Gasteiger partial charge in [-0.15, -0.1) is 0 Å². The minimum atomic E-state index is 0.00343. The number of nitrogens with one attached hydrogen (secondary N) is 1. The van der Waals surface area contributed by atoms with E-state index in [-0.39, 0.29) is 5.56 Å². The van der Waals surface area contributed by atoms with Crippen LogP contribution in [0.1, 0.15) is 6.92 Å². The number of hydrogen-bond acceptors (Lipinski definition) is 3. The molecule has 4 heteroatoms. The number of pyridine rings is 1. The molecule has 1 heterocycles. The second-order valence-corrected chi connectivity index (χ2v) is 2.97. The molecule has 0 aliphatic carbocycles. The SMILES string of the molecule is CCNc1ccc(=O)n(CCOC)c1. The zero-order valence-corrected chi connectivity index (χ0v) is 8.62. The highest BCUT2D eigenvalue weighted by molar-refractivity contribution is 5.39. The fraction of sp³-hybridized carbons (Fsp3) is 0.500. The summed E-state index contributed by atoms with van der Waals surface area (Å²) in [4.78, 5) is 11.4. The topological polar surface area (TPSA) is 43.3 Å². The molecule has 14 heavy (non-hydrogen) atoms. The lowest BCUT2D eigenvalue weighted by molar-refractivity contribution is 0.186. The normalized spacial score (nSPS) is 10.1. The summed E-state index contributed by atoms with van der Waals surface area (Å²) in [7, 11) is 1.62. The van der Waals surface area contributed by atoms with Crippen LogP contribution in [0.25, 0.3) is 0 Å². The molecule has 0 aliphatic rings. The van der Waals surface area contributed by atoms with Crippen molar-refractivity contribution in [3.63, 3.8) is 0 Å². The van der Waals surface area contributed by atoms with Gasteiger partial charge in [-0.05, 0) is 13.0 Å². The van der Waals surface area contributed by atoms with Gasteiger partial charge in [-0.25, -0.2) is 0 Å². The Morgan fingerprint density at radius 1 is 1.50 bits per heavy atom. The molecule has 1 aromatic rings. The molecule has 0 saturated heterocycles. The van der Waals surface area contributed by atoms with Crippen LogP contribution in [0.3, 0.4) is 0 Å². The standard InChI is InChI=1S/C10H16N2O2/c1-3-11-9-4-5-10(13)12(8-9)6-7-14-2/h4-5,8,11H,3,6-7H2,1-2H3. The average Bonchev–Trinajstić information content (AvgIpc) is 2.19. The third kappa shape index (κ3) is 2.88. The lowest BCUT2D eigenvalue weighted by Crippen LogP contribution is -2.21. The van der Waals surface area contributed by atoms with E-state index in [1.165, 1.54) is 0 Å². The number of ether oxygens (including phenoxy) is 1. The van der Waals surface area contributed by atoms with Gasteiger partial charge in [0.15, 0.2) is 0 Å². The molecule has 1 rings (SSSR count). The number of methoxy groups -OCH3 is 1. The Bertz CT molecular complexity index is 333. The zero-order valence-electron chi connectivity index (χ0n) is 8.62. The molecular weight excluding hydrogens is 180 g/mol. The molecule has 0 aliphatic heterocycles. The molecule has 1 aromatic heterocycles. The molecule has 78 valence electrons. The first kappa shape index (κ1) is 10.8. The summed E-state index contributed by atoms with van der Waals surface area (Å²) >= 11 is 0. The van der Waals surface area contributed by atoms with Crippen molar-refractivity contribution in [2.24, 2.45) is 0 Å². The van der Waals surface area contributed by atoms with Gasteiger partial charge in [0.05, 0.1) is 12.3 Å². The maximum atomic E-state index is 11.4. The Morgan fingerprint density at radius 3 is 2.93 bits per heavy atom. The minimum absolute atomic E-state index is 0.00343. The van der Waals surface area contributed by atoms with E-state index in [0.29, 0.717) is 13.2 Å². The molecule has 0 aromatic carbocycles. The third-order valence-corrected chi connectivity index (χ3v) is 1.90. The highest BCUT2D eigenvalue weighted by Gasteiger charge is 1.96. The van der Waals surface area contributed by atoms with Crippen LogP contribution in [0.5, 0.6) is 0 Å². The first-order valence-electron chi connectivity index (χ1n) is 4.71. The van der Waals surface area contributed by atoms with Crippen molar-refractivity contribution in [1.82, 2.24) is 4.57 Å². The van der Waals surface area contributed by atoms with E-state index in [4.69, 9.17) is 4.74 Å². The van der Waals surface area contributed by atoms with E-state index in [1.54, 1.807) is 23.8 Å². The second-order valence-electron chi connectivity index (χ2n) is 2.97. The van der Waals surface area contributed by atoms with Crippen molar-refractivity contribution >= 4 is 5.69 Å². The zero-order chi connectivity index (χ0) is 10.4. The van der Waals surface area contributed by atoms with Gasteiger partial charge in [0.1, 0.15) is 0 Å². The number of aromatic nitrogens is 1. The fourth-order valence-electron chi connectivity index (χ4n) is 1.20. The lowest BCUT2D eigenvalue weighted by atomic mass is 10.4. The maximum absolute atomic E-state index is 11.4. The summed E-state index contributed by atoms with van der Waals surface area (Å²) in [6.07, 6.45) is 1.81. The lowest BCUT2D eigenvalue weighted by Gasteiger charge is -2.08. The van der Waals surface area contributed by atoms with Crippen molar-refractivity contribution in [3.05, 3.63) is 28.7 Å². The number of nitrogens with zero attached hydrogens (tertiary/aromatic N) is 1. The van der Waals surface area contributed by atoms with Crippen LogP contribution in [0, 0.1) is 0 Å². The van der Waals surface area contributed by atoms with E-state index in [2.05, 4.69) is 5.32 Å². The molecule has 0 unspecified atom stereocenters. The molecule has 0 atom stereocenters. The average molecular weight is 196 g/mol. The summed E-state index contributed by atoms with van der Waals surface area (Å²) in [6, 6.07) is 3.35. The van der Waals surface area contributed by atoms with Crippen LogP contribution in [0.15, 0.2) is 23.1 Å². The first-order valence-corrected chi connectivity index (χ1v) is 4.71. The van der Waals surface area contributed by atoms with Crippen LogP contribution in [0.2, 0.25) is 0 Å². The van der Waals surface area contributed by atoms with Gasteiger partial charge in [0.2, 0.25) is 0 Å². The molecule has 0 radical (unpaired) electrons. The Labute approximate surface area is 83.5 Å². The van der Waals surface area contributed by atoms with Crippen molar-refractivity contribution in [3.8, 4) is 0 Å². The number of hydrogen-bond donors (Lipinski definition) is 1. The summed E-state index contributed by atoms with van der Waals surface area (Å²) in [5, 5.41) is 3.15. The summed E-state index contributed by atoms with van der Waals surface area (Å²) in [5.41, 5.74) is 0.965. The van der Waals surface area contributed by atoms with Gasteiger partial charge < -0.3 is 14.6 Å². The molecule has 0 saturated carbocycles. The van der Waals surface area contributed by atoms with E-state index >= 15 is 0 Å². The van der Waals surface area contributed by atoms with Gasteiger partial charge >= 0.3 is 0 Å². The Morgan fingerprint density at radius 2 is 2.29 bits per heavy atom. The van der Waals surface area contributed by atoms with E-state index in [9.17, 15) is 4.79 Å². The Hall–Kier alpha value is -1.29. The molecule has 1 N–H and O–H groups in total. The van der Waals surface area contributed by atoms with E-state index in [1.807, 2.05) is 13.1 Å². The van der Waals surface area contributed by atoms with Gasteiger partial charge in [0.25, 0.3) is 5.56 Å². The Kier molecular flexibility index (Phi) is 4.19. The molecular formula is C10H16N2O2. The number of rotatable bonds is 5. The van der Waals surface area contributed by atoms with Crippen molar-refractivity contribution in [2.75, 3.05) is 25.6 Å². The van der Waals surface area contributed by atoms with Gasteiger partial charge in [-0.3, -0.25) is 4.79 Å². The monoisotopic (exact) mass is 196 g/mol. The maximum Gasteiger partial charge on any atom is 0.250 e. The van der Waals surface area contributed by atoms with Gasteiger partial charge in [0, 0.05) is 32.5 Å². The fourth-order valence-corrected chi connectivity index (χ4v) is 1.20. The molecule has 0 bridgehead atoms. The smallest absolute Gasteiger partial charge is 0.250 e. The molecule has 0 spiro atoms. The molecule has 0 fully saturated rings. The van der Waals surface area contributed by atoms with Crippen molar-refractivity contribution in [2.45, 2.75) is 13.5 Å². The molecule has 0 amide bonds. The summed E-state index contributed by atoms with van der Waals surface area (Å²) < 4.78 is 6.56. The quantitative estimate of drug-likeness (QED) is 0.761. The molecule has 4 nitrogen and oxygen atoms in total.